The second-order valence-corrected chi connectivity index (χ2v) is 6.32. The van der Waals surface area contributed by atoms with Crippen LogP contribution in [0.2, 0.25) is 5.02 Å². The lowest BCUT2D eigenvalue weighted by Gasteiger charge is -2.08. The van der Waals surface area contributed by atoms with Gasteiger partial charge >= 0.3 is 5.76 Å². The summed E-state index contributed by atoms with van der Waals surface area (Å²) in [4.78, 5) is 20.9. The van der Waals surface area contributed by atoms with E-state index in [0.29, 0.717) is 28.8 Å². The van der Waals surface area contributed by atoms with Crippen molar-refractivity contribution in [1.29, 1.82) is 0 Å². The number of benzene rings is 1. The first-order chi connectivity index (χ1) is 12.1. The average molecular weight is 424 g/mol. The van der Waals surface area contributed by atoms with E-state index in [1.54, 1.807) is 12.3 Å². The van der Waals surface area contributed by atoms with Crippen LogP contribution in [0.1, 0.15) is 5.56 Å². The van der Waals surface area contributed by atoms with E-state index in [2.05, 4.69) is 31.1 Å². The molecule has 1 aliphatic heterocycles. The van der Waals surface area contributed by atoms with Crippen molar-refractivity contribution in [1.82, 2.24) is 14.7 Å². The van der Waals surface area contributed by atoms with E-state index in [0.717, 1.165) is 11.3 Å². The van der Waals surface area contributed by atoms with Crippen LogP contribution in [0.4, 0.5) is 10.2 Å². The maximum Gasteiger partial charge on any atom is 0.446 e. The van der Waals surface area contributed by atoms with Gasteiger partial charge in [0.15, 0.2) is 11.6 Å². The number of halogens is 3. The van der Waals surface area contributed by atoms with Crippen molar-refractivity contribution in [3.8, 4) is 17.1 Å². The predicted molar refractivity (Wildman–Crippen MR) is 94.9 cm³/mol. The van der Waals surface area contributed by atoms with Crippen LogP contribution in [0.25, 0.3) is 17.1 Å². The van der Waals surface area contributed by atoms with E-state index in [9.17, 15) is 9.18 Å². The number of aliphatic imine (C=N–C) groups is 1. The minimum atomic E-state index is -0.692. The van der Waals surface area contributed by atoms with Crippen LogP contribution in [0.5, 0.6) is 0 Å². The Balaban J connectivity index is 1.89. The maximum atomic E-state index is 13.4. The number of pyridine rings is 1. The van der Waals surface area contributed by atoms with Gasteiger partial charge in [-0.3, -0.25) is 4.52 Å². The molecule has 6 nitrogen and oxygen atoms in total. The lowest BCUT2D eigenvalue weighted by atomic mass is 10.1. The summed E-state index contributed by atoms with van der Waals surface area (Å²) in [5.41, 5.74) is 2.82. The summed E-state index contributed by atoms with van der Waals surface area (Å²) in [7, 11) is 0. The number of nitrogens with zero attached hydrogens (tertiary/aromatic N) is 4. The maximum absolute atomic E-state index is 13.4. The highest BCUT2D eigenvalue weighted by Crippen LogP contribution is 2.34. The Labute approximate surface area is 154 Å². The molecule has 0 radical (unpaired) electrons. The molecule has 126 valence electrons. The molecule has 4 rings (SSSR count). The fourth-order valence-corrected chi connectivity index (χ4v) is 3.20. The summed E-state index contributed by atoms with van der Waals surface area (Å²) >= 11 is 9.23. The topological polar surface area (TPSA) is 73.3 Å². The zero-order valence-corrected chi connectivity index (χ0v) is 14.9. The molecule has 0 amide bonds. The Kier molecular flexibility index (Phi) is 4.01. The smallest absolute Gasteiger partial charge is 0.295 e. The van der Waals surface area contributed by atoms with Crippen LogP contribution in [0.3, 0.4) is 0 Å². The minimum absolute atomic E-state index is 0.0959. The van der Waals surface area contributed by atoms with Gasteiger partial charge in [-0.25, -0.2) is 23.7 Å². The zero-order valence-electron chi connectivity index (χ0n) is 12.5. The fourth-order valence-electron chi connectivity index (χ4n) is 2.70. The first-order valence-corrected chi connectivity index (χ1v) is 8.73. The van der Waals surface area contributed by atoms with Crippen LogP contribution in [-0.4, -0.2) is 25.7 Å². The zero-order chi connectivity index (χ0) is 17.6. The Morgan fingerprint density at radius 2 is 2.20 bits per heavy atom. The van der Waals surface area contributed by atoms with Crippen molar-refractivity contribution in [3.63, 3.8) is 0 Å². The third-order valence-corrected chi connectivity index (χ3v) is 4.78. The molecule has 0 aliphatic carbocycles. The summed E-state index contributed by atoms with van der Waals surface area (Å²) in [5, 5.41) is 4.42. The quantitative estimate of drug-likeness (QED) is 0.602. The Morgan fingerprint density at radius 3 is 2.96 bits per heavy atom. The highest BCUT2D eigenvalue weighted by molar-refractivity contribution is 9.09. The SMILES string of the molecule is O=c1onc(-c2ccnc3c2CC(CBr)=N3)n1-c1ccc(F)c(Cl)c1. The van der Waals surface area contributed by atoms with Gasteiger partial charge in [0.2, 0.25) is 0 Å². The number of aromatic nitrogens is 3. The van der Waals surface area contributed by atoms with E-state index >= 15 is 0 Å². The highest BCUT2D eigenvalue weighted by Gasteiger charge is 2.24. The number of rotatable bonds is 3. The molecule has 0 saturated carbocycles. The molecular formula is C16H9BrClFN4O2. The average Bonchev–Trinajstić information content (AvgIpc) is 3.20. The molecule has 3 aromatic rings. The molecule has 2 aromatic heterocycles. The molecule has 0 N–H and O–H groups in total. The van der Waals surface area contributed by atoms with E-state index in [-0.39, 0.29) is 10.8 Å². The second-order valence-electron chi connectivity index (χ2n) is 5.36. The molecule has 0 atom stereocenters. The number of hydrogen-bond donors (Lipinski definition) is 0. The van der Waals surface area contributed by atoms with Gasteiger partial charge in [0.25, 0.3) is 0 Å². The van der Waals surface area contributed by atoms with Crippen molar-refractivity contribution in [2.45, 2.75) is 6.42 Å². The molecule has 0 bridgehead atoms. The first-order valence-electron chi connectivity index (χ1n) is 7.23. The molecule has 1 aromatic carbocycles. The monoisotopic (exact) mass is 422 g/mol. The van der Waals surface area contributed by atoms with E-state index in [1.165, 1.54) is 22.8 Å². The lowest BCUT2D eigenvalue weighted by Crippen LogP contribution is -2.14. The standard InChI is InChI=1S/C16H9BrClFN4O2/c17-7-8-5-11-10(3-4-20-14(11)21-8)15-22-25-16(24)23(15)9-1-2-13(19)12(18)6-9/h1-4,6H,5,7H2. The largest absolute Gasteiger partial charge is 0.446 e. The van der Waals surface area contributed by atoms with Crippen molar-refractivity contribution >= 4 is 39.1 Å². The van der Waals surface area contributed by atoms with Gasteiger partial charge in [0.1, 0.15) is 5.82 Å². The van der Waals surface area contributed by atoms with E-state index in [4.69, 9.17) is 16.1 Å². The van der Waals surface area contributed by atoms with E-state index < -0.39 is 11.6 Å². The van der Waals surface area contributed by atoms with Gasteiger partial charge < -0.3 is 0 Å². The van der Waals surface area contributed by atoms with E-state index in [1.807, 2.05) is 0 Å². The highest BCUT2D eigenvalue weighted by atomic mass is 79.9. The summed E-state index contributed by atoms with van der Waals surface area (Å²) in [6.45, 7) is 0. The molecular weight excluding hydrogens is 415 g/mol. The Morgan fingerprint density at radius 1 is 1.36 bits per heavy atom. The predicted octanol–water partition coefficient (Wildman–Crippen LogP) is 3.70. The third-order valence-electron chi connectivity index (χ3n) is 3.84. The summed E-state index contributed by atoms with van der Waals surface area (Å²) in [6, 6.07) is 5.71. The summed E-state index contributed by atoms with van der Waals surface area (Å²) in [5.74, 6) is -0.386. The van der Waals surface area contributed by atoms with Gasteiger partial charge in [0, 0.05) is 34.8 Å². The third kappa shape index (κ3) is 2.71. The normalized spacial score (nSPS) is 13.0. The van der Waals surface area contributed by atoms with Gasteiger partial charge in [0.05, 0.1) is 10.7 Å². The Hall–Kier alpha value is -2.32. The second kappa shape index (κ2) is 6.20. The first kappa shape index (κ1) is 16.2. The summed E-state index contributed by atoms with van der Waals surface area (Å²) in [6.07, 6.45) is 2.19. The van der Waals surface area contributed by atoms with Crippen molar-refractivity contribution < 1.29 is 8.91 Å². The molecule has 25 heavy (non-hydrogen) atoms. The summed E-state index contributed by atoms with van der Waals surface area (Å²) < 4.78 is 19.5. The molecule has 9 heteroatoms. The molecule has 0 unspecified atom stereocenters. The van der Waals surface area contributed by atoms with Crippen molar-refractivity contribution in [2.75, 3.05) is 5.33 Å². The van der Waals surface area contributed by atoms with Crippen molar-refractivity contribution in [3.05, 3.63) is 57.4 Å². The van der Waals surface area contributed by atoms with Gasteiger partial charge in [-0.2, -0.15) is 0 Å². The van der Waals surface area contributed by atoms with Crippen molar-refractivity contribution in [2.24, 2.45) is 4.99 Å². The van der Waals surface area contributed by atoms with Crippen LogP contribution in [-0.2, 0) is 6.42 Å². The van der Waals surface area contributed by atoms with Gasteiger partial charge in [-0.1, -0.05) is 32.7 Å². The number of fused-ring (bicyclic) bond motifs is 1. The van der Waals surface area contributed by atoms with Crippen LogP contribution >= 0.6 is 27.5 Å². The minimum Gasteiger partial charge on any atom is -0.295 e. The Bertz CT molecular complexity index is 1080. The molecule has 3 heterocycles. The van der Waals surface area contributed by atoms with Gasteiger partial charge in [-0.05, 0) is 24.3 Å². The van der Waals surface area contributed by atoms with Crippen LogP contribution in [0, 0.1) is 5.82 Å². The number of alkyl halides is 1. The molecule has 1 aliphatic rings. The van der Waals surface area contributed by atoms with Crippen LogP contribution in [0.15, 0.2) is 44.8 Å². The molecule has 0 fully saturated rings. The van der Waals surface area contributed by atoms with Crippen LogP contribution < -0.4 is 5.76 Å². The molecule has 0 saturated heterocycles. The number of hydrogen-bond acceptors (Lipinski definition) is 5. The van der Waals surface area contributed by atoms with Gasteiger partial charge in [-0.15, -0.1) is 0 Å². The fraction of sp³-hybridized carbons (Fsp3) is 0.125. The lowest BCUT2D eigenvalue weighted by molar-refractivity contribution is 0.383. The molecule has 0 spiro atoms.